The summed E-state index contributed by atoms with van der Waals surface area (Å²) in [5, 5.41) is 8.95. The van der Waals surface area contributed by atoms with E-state index in [2.05, 4.69) is 0 Å². The Hall–Kier alpha value is -5.22. The van der Waals surface area contributed by atoms with Crippen molar-refractivity contribution in [2.24, 2.45) is 0 Å². The van der Waals surface area contributed by atoms with Gasteiger partial charge in [-0.05, 0) is 95.6 Å². The summed E-state index contributed by atoms with van der Waals surface area (Å²) in [7, 11) is 0. The van der Waals surface area contributed by atoms with Gasteiger partial charge in [0.25, 0.3) is 0 Å². The van der Waals surface area contributed by atoms with Gasteiger partial charge in [-0.2, -0.15) is 5.26 Å². The summed E-state index contributed by atoms with van der Waals surface area (Å²) in [6.07, 6.45) is 2.93. The van der Waals surface area contributed by atoms with Gasteiger partial charge < -0.3 is 4.74 Å². The fraction of sp³-hybridized carbons (Fsp3) is 0.135. The van der Waals surface area contributed by atoms with Crippen molar-refractivity contribution in [3.05, 3.63) is 138 Å². The van der Waals surface area contributed by atoms with Crippen molar-refractivity contribution in [1.29, 1.82) is 5.26 Å². The van der Waals surface area contributed by atoms with E-state index in [1.165, 1.54) is 18.2 Å². The maximum atomic E-state index is 14.9. The Morgan fingerprint density at radius 1 is 0.591 bits per heavy atom. The molecule has 0 unspecified atom stereocenters. The van der Waals surface area contributed by atoms with Crippen molar-refractivity contribution < 1.29 is 27.1 Å². The predicted molar refractivity (Wildman–Crippen MR) is 162 cm³/mol. The normalized spacial score (nSPS) is 10.8. The van der Waals surface area contributed by atoms with E-state index in [1.54, 1.807) is 66.7 Å². The van der Waals surface area contributed by atoms with Gasteiger partial charge in [0.05, 0.1) is 11.6 Å². The molecule has 0 aliphatic carbocycles. The number of carbonyl (C=O) groups is 1. The number of ether oxygens (including phenoxy) is 1. The highest BCUT2D eigenvalue weighted by Gasteiger charge is 2.11. The topological polar surface area (TPSA) is 50.1 Å². The molecule has 0 aliphatic rings. The summed E-state index contributed by atoms with van der Waals surface area (Å²) in [6, 6.07) is 28.6. The number of nitrogens with zero attached hydrogens (tertiary/aromatic N) is 1. The fourth-order valence-electron chi connectivity index (χ4n) is 4.94. The van der Waals surface area contributed by atoms with Crippen LogP contribution in [0.1, 0.15) is 36.8 Å². The Morgan fingerprint density at radius 3 is 1.89 bits per heavy atom. The van der Waals surface area contributed by atoms with E-state index in [0.29, 0.717) is 40.8 Å². The third-order valence-electron chi connectivity index (χ3n) is 7.32. The van der Waals surface area contributed by atoms with E-state index < -0.39 is 17.5 Å². The first-order chi connectivity index (χ1) is 21.3. The molecule has 0 radical (unpaired) electrons. The quantitative estimate of drug-likeness (QED) is 0.0701. The molecule has 7 heteroatoms. The Morgan fingerprint density at radius 2 is 1.20 bits per heavy atom. The minimum atomic E-state index is -1.03. The number of halogens is 4. The van der Waals surface area contributed by atoms with Crippen LogP contribution in [0.25, 0.3) is 33.4 Å². The minimum absolute atomic E-state index is 0.202. The molecule has 0 bridgehead atoms. The highest BCUT2D eigenvalue weighted by atomic mass is 19.2. The number of aryl methyl sites for hydroxylation is 1. The molecular weight excluding hydrogens is 566 g/mol. The monoisotopic (exact) mass is 593 g/mol. The molecule has 220 valence electrons. The van der Waals surface area contributed by atoms with Crippen LogP contribution < -0.4 is 4.74 Å². The van der Waals surface area contributed by atoms with Crippen molar-refractivity contribution >= 4 is 5.97 Å². The molecule has 0 amide bonds. The van der Waals surface area contributed by atoms with E-state index in [0.717, 1.165) is 36.1 Å². The van der Waals surface area contributed by atoms with Crippen molar-refractivity contribution in [3.63, 3.8) is 0 Å². The zero-order valence-electron chi connectivity index (χ0n) is 23.6. The maximum Gasteiger partial charge on any atom is 0.311 e. The maximum absolute atomic E-state index is 14.9. The number of rotatable bonds is 10. The molecule has 0 fully saturated rings. The lowest BCUT2D eigenvalue weighted by Crippen LogP contribution is -2.07. The van der Waals surface area contributed by atoms with Crippen LogP contribution in [0.4, 0.5) is 17.6 Å². The van der Waals surface area contributed by atoms with Gasteiger partial charge in [-0.1, -0.05) is 61.0 Å². The summed E-state index contributed by atoms with van der Waals surface area (Å²) in [4.78, 5) is 12.3. The van der Waals surface area contributed by atoms with E-state index >= 15 is 0 Å². The first-order valence-electron chi connectivity index (χ1n) is 14.2. The Kier molecular flexibility index (Phi) is 9.51. The van der Waals surface area contributed by atoms with Crippen LogP contribution in [0.3, 0.4) is 0 Å². The SMILES string of the molecule is N#Cc1ccc(-c2ccc(-c3ccc(OC(=O)CCCCCc4ccc(-c5ccc(F)c(F)c5)c(F)c4)cc3)cc2F)cc1. The van der Waals surface area contributed by atoms with E-state index in [4.69, 9.17) is 10.00 Å². The second-order valence-corrected chi connectivity index (χ2v) is 10.4. The van der Waals surface area contributed by atoms with Crippen molar-refractivity contribution in [1.82, 2.24) is 0 Å². The molecule has 44 heavy (non-hydrogen) atoms. The summed E-state index contributed by atoms with van der Waals surface area (Å²) in [5.74, 6) is -2.87. The van der Waals surface area contributed by atoms with Gasteiger partial charge in [0.15, 0.2) is 11.6 Å². The highest BCUT2D eigenvalue weighted by Crippen LogP contribution is 2.30. The smallest absolute Gasteiger partial charge is 0.311 e. The second kappa shape index (κ2) is 13.8. The molecule has 0 N–H and O–H groups in total. The number of esters is 1. The molecule has 0 saturated carbocycles. The van der Waals surface area contributed by atoms with Gasteiger partial charge in [-0.15, -0.1) is 0 Å². The summed E-state index contributed by atoms with van der Waals surface area (Å²) in [6.45, 7) is 0. The fourth-order valence-corrected chi connectivity index (χ4v) is 4.94. The van der Waals surface area contributed by atoms with E-state index in [9.17, 15) is 22.4 Å². The molecule has 5 aromatic carbocycles. The summed E-state index contributed by atoms with van der Waals surface area (Å²) < 4.78 is 61.6. The molecule has 5 aromatic rings. The molecule has 0 aliphatic heterocycles. The third kappa shape index (κ3) is 7.40. The van der Waals surface area contributed by atoms with Gasteiger partial charge in [-0.25, -0.2) is 17.6 Å². The number of benzene rings is 5. The first kappa shape index (κ1) is 30.2. The largest absolute Gasteiger partial charge is 0.427 e. The lowest BCUT2D eigenvalue weighted by molar-refractivity contribution is -0.134. The van der Waals surface area contributed by atoms with Gasteiger partial charge in [0.2, 0.25) is 0 Å². The van der Waals surface area contributed by atoms with Crippen LogP contribution in [-0.2, 0) is 11.2 Å². The van der Waals surface area contributed by atoms with Crippen molar-refractivity contribution in [3.8, 4) is 45.2 Å². The third-order valence-corrected chi connectivity index (χ3v) is 7.32. The molecule has 0 heterocycles. The number of carbonyl (C=O) groups excluding carboxylic acids is 1. The molecular formula is C37H27F4NO2. The van der Waals surface area contributed by atoms with E-state index in [1.807, 2.05) is 12.1 Å². The number of hydrogen-bond acceptors (Lipinski definition) is 3. The minimum Gasteiger partial charge on any atom is -0.427 e. The Labute approximate surface area is 253 Å². The van der Waals surface area contributed by atoms with Gasteiger partial charge in [-0.3, -0.25) is 4.79 Å². The lowest BCUT2D eigenvalue weighted by atomic mass is 9.99. The van der Waals surface area contributed by atoms with Gasteiger partial charge >= 0.3 is 5.97 Å². The molecule has 3 nitrogen and oxygen atoms in total. The van der Waals surface area contributed by atoms with Crippen LogP contribution in [0.15, 0.2) is 103 Å². The standard InChI is InChI=1S/C37H27F4NO2/c38-33-19-14-29(22-36(33)41)32-17-8-24(20-34(32)39)4-2-1-3-5-37(43)44-30-15-11-26(12-16-30)28-13-18-31(35(40)21-28)27-9-6-25(23-42)7-10-27/h6-22H,1-5H2. The van der Waals surface area contributed by atoms with Gasteiger partial charge in [0, 0.05) is 17.5 Å². The van der Waals surface area contributed by atoms with Crippen LogP contribution in [-0.4, -0.2) is 5.97 Å². The molecule has 0 spiro atoms. The number of hydrogen-bond donors (Lipinski definition) is 0. The zero-order chi connectivity index (χ0) is 31.1. The van der Waals surface area contributed by atoms with E-state index in [-0.39, 0.29) is 29.3 Å². The average Bonchev–Trinajstić information content (AvgIpc) is 3.03. The summed E-state index contributed by atoms with van der Waals surface area (Å²) in [5.41, 5.74) is 4.32. The number of nitriles is 1. The zero-order valence-corrected chi connectivity index (χ0v) is 23.6. The number of unbranched alkanes of at least 4 members (excludes halogenated alkanes) is 2. The molecule has 0 atom stereocenters. The lowest BCUT2D eigenvalue weighted by Gasteiger charge is -2.09. The molecule has 0 saturated heterocycles. The summed E-state index contributed by atoms with van der Waals surface area (Å²) >= 11 is 0. The van der Waals surface area contributed by atoms with Crippen LogP contribution in [0.2, 0.25) is 0 Å². The van der Waals surface area contributed by atoms with Crippen LogP contribution in [0.5, 0.6) is 5.75 Å². The Balaban J connectivity index is 1.07. The predicted octanol–water partition coefficient (Wildman–Crippen LogP) is 9.82. The first-order valence-corrected chi connectivity index (χ1v) is 14.2. The van der Waals surface area contributed by atoms with Crippen LogP contribution >= 0.6 is 0 Å². The highest BCUT2D eigenvalue weighted by molar-refractivity contribution is 5.74. The Bertz CT molecular complexity index is 1830. The molecule has 0 aromatic heterocycles. The van der Waals surface area contributed by atoms with Crippen molar-refractivity contribution in [2.75, 3.05) is 0 Å². The average molecular weight is 594 g/mol. The second-order valence-electron chi connectivity index (χ2n) is 10.4. The van der Waals surface area contributed by atoms with Crippen molar-refractivity contribution in [2.45, 2.75) is 32.1 Å². The molecule has 5 rings (SSSR count). The van der Waals surface area contributed by atoms with Gasteiger partial charge in [0.1, 0.15) is 17.4 Å². The van der Waals surface area contributed by atoms with Crippen LogP contribution in [0, 0.1) is 34.6 Å².